The average molecular weight is 222 g/mol. The van der Waals surface area contributed by atoms with Crippen molar-refractivity contribution in [2.24, 2.45) is 0 Å². The first-order valence-electron chi connectivity index (χ1n) is 5.40. The fraction of sp³-hybridized carbons (Fsp3) is 0.417. The van der Waals surface area contributed by atoms with Crippen molar-refractivity contribution in [3.8, 4) is 0 Å². The zero-order valence-electron chi connectivity index (χ0n) is 9.34. The van der Waals surface area contributed by atoms with Gasteiger partial charge in [-0.05, 0) is 42.8 Å². The smallest absolute Gasteiger partial charge is 0.170 e. The van der Waals surface area contributed by atoms with Crippen LogP contribution < -0.4 is 10.6 Å². The molecule has 0 aromatic heterocycles. The Balaban J connectivity index is 2.52. The van der Waals surface area contributed by atoms with E-state index in [1.165, 1.54) is 5.56 Å². The SMILES string of the molecule is CCCNC(=S)Nc1cccc(CC)c1. The second-order valence-electron chi connectivity index (χ2n) is 3.43. The van der Waals surface area contributed by atoms with E-state index in [2.05, 4.69) is 36.6 Å². The molecule has 0 aliphatic rings. The van der Waals surface area contributed by atoms with Crippen LogP contribution in [-0.4, -0.2) is 11.7 Å². The zero-order chi connectivity index (χ0) is 11.1. The van der Waals surface area contributed by atoms with Gasteiger partial charge in [0.1, 0.15) is 0 Å². The third-order valence-electron chi connectivity index (χ3n) is 2.13. The van der Waals surface area contributed by atoms with Gasteiger partial charge < -0.3 is 10.6 Å². The minimum atomic E-state index is 0.699. The van der Waals surface area contributed by atoms with Gasteiger partial charge in [0.05, 0.1) is 0 Å². The van der Waals surface area contributed by atoms with Crippen LogP contribution in [0.2, 0.25) is 0 Å². The first kappa shape index (κ1) is 12.0. The number of nitrogens with one attached hydrogen (secondary N) is 2. The Morgan fingerprint density at radius 1 is 1.33 bits per heavy atom. The van der Waals surface area contributed by atoms with E-state index in [9.17, 15) is 0 Å². The molecule has 0 bridgehead atoms. The lowest BCUT2D eigenvalue weighted by Gasteiger charge is -2.10. The Morgan fingerprint density at radius 3 is 2.80 bits per heavy atom. The van der Waals surface area contributed by atoms with Gasteiger partial charge in [-0.1, -0.05) is 26.0 Å². The predicted octanol–water partition coefficient (Wildman–Crippen LogP) is 2.95. The topological polar surface area (TPSA) is 24.1 Å². The van der Waals surface area contributed by atoms with Crippen LogP contribution in [0.5, 0.6) is 0 Å². The third-order valence-corrected chi connectivity index (χ3v) is 2.38. The van der Waals surface area contributed by atoms with Gasteiger partial charge >= 0.3 is 0 Å². The van der Waals surface area contributed by atoms with E-state index in [-0.39, 0.29) is 0 Å². The molecule has 1 aromatic carbocycles. The van der Waals surface area contributed by atoms with Crippen molar-refractivity contribution in [2.45, 2.75) is 26.7 Å². The van der Waals surface area contributed by atoms with Gasteiger partial charge in [0.15, 0.2) is 5.11 Å². The number of hydrogen-bond donors (Lipinski definition) is 2. The summed E-state index contributed by atoms with van der Waals surface area (Å²) in [6.45, 7) is 5.18. The van der Waals surface area contributed by atoms with E-state index < -0.39 is 0 Å². The van der Waals surface area contributed by atoms with Crippen LogP contribution in [0.1, 0.15) is 25.8 Å². The first-order chi connectivity index (χ1) is 7.26. The second-order valence-corrected chi connectivity index (χ2v) is 3.84. The molecule has 1 rings (SSSR count). The highest BCUT2D eigenvalue weighted by atomic mass is 32.1. The molecule has 0 radical (unpaired) electrons. The van der Waals surface area contributed by atoms with E-state index in [1.54, 1.807) is 0 Å². The second kappa shape index (κ2) is 6.40. The maximum atomic E-state index is 5.16. The van der Waals surface area contributed by atoms with Crippen molar-refractivity contribution in [1.29, 1.82) is 0 Å². The normalized spacial score (nSPS) is 9.73. The molecular formula is C12H18N2S. The Bertz CT molecular complexity index is 323. The molecule has 2 nitrogen and oxygen atoms in total. The van der Waals surface area contributed by atoms with Gasteiger partial charge in [0, 0.05) is 12.2 Å². The molecule has 82 valence electrons. The molecule has 15 heavy (non-hydrogen) atoms. The van der Waals surface area contributed by atoms with Crippen LogP contribution in [0.15, 0.2) is 24.3 Å². The van der Waals surface area contributed by atoms with Crippen LogP contribution in [-0.2, 0) is 6.42 Å². The highest BCUT2D eigenvalue weighted by Gasteiger charge is 1.97. The summed E-state index contributed by atoms with van der Waals surface area (Å²) in [6, 6.07) is 8.32. The number of aryl methyl sites for hydroxylation is 1. The molecule has 0 heterocycles. The largest absolute Gasteiger partial charge is 0.362 e. The van der Waals surface area contributed by atoms with Crippen molar-refractivity contribution < 1.29 is 0 Å². The summed E-state index contributed by atoms with van der Waals surface area (Å²) in [7, 11) is 0. The van der Waals surface area contributed by atoms with E-state index in [0.29, 0.717) is 5.11 Å². The number of rotatable bonds is 4. The molecule has 0 atom stereocenters. The summed E-state index contributed by atoms with van der Waals surface area (Å²) >= 11 is 5.16. The molecular weight excluding hydrogens is 204 g/mol. The van der Waals surface area contributed by atoms with Crippen LogP contribution in [0.3, 0.4) is 0 Å². The van der Waals surface area contributed by atoms with E-state index >= 15 is 0 Å². The Kier molecular flexibility index (Phi) is 5.12. The summed E-state index contributed by atoms with van der Waals surface area (Å²) in [5, 5.41) is 7.01. The number of anilines is 1. The van der Waals surface area contributed by atoms with Crippen molar-refractivity contribution in [1.82, 2.24) is 5.32 Å². The summed E-state index contributed by atoms with van der Waals surface area (Å²) in [5.41, 5.74) is 2.38. The van der Waals surface area contributed by atoms with Gasteiger partial charge in [-0.2, -0.15) is 0 Å². The van der Waals surface area contributed by atoms with Gasteiger partial charge in [-0.3, -0.25) is 0 Å². The predicted molar refractivity (Wildman–Crippen MR) is 70.3 cm³/mol. The average Bonchev–Trinajstić information content (AvgIpc) is 2.26. The van der Waals surface area contributed by atoms with Gasteiger partial charge in [0.25, 0.3) is 0 Å². The number of benzene rings is 1. The maximum absolute atomic E-state index is 5.16. The molecule has 1 aromatic rings. The third kappa shape index (κ3) is 4.30. The minimum Gasteiger partial charge on any atom is -0.362 e. The summed E-state index contributed by atoms with van der Waals surface area (Å²) in [6.07, 6.45) is 2.13. The van der Waals surface area contributed by atoms with Gasteiger partial charge in [-0.25, -0.2) is 0 Å². The van der Waals surface area contributed by atoms with Crippen LogP contribution in [0, 0.1) is 0 Å². The molecule has 0 amide bonds. The summed E-state index contributed by atoms with van der Waals surface area (Å²) < 4.78 is 0. The van der Waals surface area contributed by atoms with Crippen molar-refractivity contribution in [2.75, 3.05) is 11.9 Å². The first-order valence-corrected chi connectivity index (χ1v) is 5.81. The lowest BCUT2D eigenvalue weighted by atomic mass is 10.1. The molecule has 3 heteroatoms. The lowest BCUT2D eigenvalue weighted by Crippen LogP contribution is -2.28. The monoisotopic (exact) mass is 222 g/mol. The standard InChI is InChI=1S/C12H18N2S/c1-3-8-13-12(15)14-11-7-5-6-10(4-2)9-11/h5-7,9H,3-4,8H2,1-2H3,(H2,13,14,15). The van der Waals surface area contributed by atoms with E-state index in [0.717, 1.165) is 25.1 Å². The molecule has 0 saturated carbocycles. The van der Waals surface area contributed by atoms with Crippen molar-refractivity contribution in [3.05, 3.63) is 29.8 Å². The molecule has 0 aliphatic carbocycles. The van der Waals surface area contributed by atoms with Crippen molar-refractivity contribution >= 4 is 23.0 Å². The molecule has 0 spiro atoms. The van der Waals surface area contributed by atoms with Crippen LogP contribution >= 0.6 is 12.2 Å². The van der Waals surface area contributed by atoms with Crippen LogP contribution in [0.25, 0.3) is 0 Å². The van der Waals surface area contributed by atoms with Crippen molar-refractivity contribution in [3.63, 3.8) is 0 Å². The highest BCUT2D eigenvalue weighted by molar-refractivity contribution is 7.80. The van der Waals surface area contributed by atoms with E-state index in [4.69, 9.17) is 12.2 Å². The number of thiocarbonyl (C=S) groups is 1. The molecule has 0 aliphatic heterocycles. The quantitative estimate of drug-likeness (QED) is 0.766. The molecule has 2 N–H and O–H groups in total. The Hall–Kier alpha value is -1.09. The van der Waals surface area contributed by atoms with Gasteiger partial charge in [-0.15, -0.1) is 0 Å². The molecule has 0 unspecified atom stereocenters. The fourth-order valence-corrected chi connectivity index (χ4v) is 1.50. The van der Waals surface area contributed by atoms with Gasteiger partial charge in [0.2, 0.25) is 0 Å². The molecule has 0 fully saturated rings. The summed E-state index contributed by atoms with van der Waals surface area (Å²) in [5.74, 6) is 0. The minimum absolute atomic E-state index is 0.699. The zero-order valence-corrected chi connectivity index (χ0v) is 10.2. The number of hydrogen-bond acceptors (Lipinski definition) is 1. The summed E-state index contributed by atoms with van der Waals surface area (Å²) in [4.78, 5) is 0. The molecule has 0 saturated heterocycles. The Labute approximate surface area is 97.1 Å². The highest BCUT2D eigenvalue weighted by Crippen LogP contribution is 2.10. The lowest BCUT2D eigenvalue weighted by molar-refractivity contribution is 0.846. The maximum Gasteiger partial charge on any atom is 0.170 e. The fourth-order valence-electron chi connectivity index (χ4n) is 1.28. The van der Waals surface area contributed by atoms with E-state index in [1.807, 2.05) is 12.1 Å². The Morgan fingerprint density at radius 2 is 2.13 bits per heavy atom. The van der Waals surface area contributed by atoms with Crippen LogP contribution in [0.4, 0.5) is 5.69 Å².